The molecule has 1 aliphatic rings. The van der Waals surface area contributed by atoms with Crippen LogP contribution in [0.2, 0.25) is 0 Å². The number of carbonyl (C=O) groups is 1. The van der Waals surface area contributed by atoms with Crippen molar-refractivity contribution in [2.45, 2.75) is 31.9 Å². The highest BCUT2D eigenvalue weighted by Gasteiger charge is 2.35. The fraction of sp³-hybridized carbons (Fsp3) is 0.500. The van der Waals surface area contributed by atoms with Gasteiger partial charge in [-0.15, -0.1) is 0 Å². The zero-order valence-corrected chi connectivity index (χ0v) is 11.0. The lowest BCUT2D eigenvalue weighted by atomic mass is 9.88. The number of aryl methyl sites for hydroxylation is 1. The summed E-state index contributed by atoms with van der Waals surface area (Å²) in [5, 5.41) is 0. The van der Waals surface area contributed by atoms with E-state index >= 15 is 0 Å². The molecule has 1 aromatic carbocycles. The average Bonchev–Trinajstić information content (AvgIpc) is 2.26. The number of amides is 1. The standard InChI is InChI=1S/C14H15F4NO/c1-9-6-11(15)2-3-12(9)10-7-19(8-10)13(20)4-5-14(16,17)18/h2-3,6,10H,4-5,7-8H2,1H3. The van der Waals surface area contributed by atoms with Crippen molar-refractivity contribution in [1.82, 2.24) is 4.90 Å². The smallest absolute Gasteiger partial charge is 0.341 e. The number of rotatable bonds is 3. The molecule has 1 aliphatic heterocycles. The van der Waals surface area contributed by atoms with Gasteiger partial charge >= 0.3 is 6.18 Å². The molecule has 1 aromatic rings. The average molecular weight is 289 g/mol. The van der Waals surface area contributed by atoms with Crippen LogP contribution in [0.15, 0.2) is 18.2 Å². The lowest BCUT2D eigenvalue weighted by molar-refractivity contribution is -0.151. The quantitative estimate of drug-likeness (QED) is 0.781. The summed E-state index contributed by atoms with van der Waals surface area (Å²) in [7, 11) is 0. The zero-order chi connectivity index (χ0) is 14.9. The summed E-state index contributed by atoms with van der Waals surface area (Å²) in [6.45, 7) is 2.60. The van der Waals surface area contributed by atoms with Gasteiger partial charge in [0.05, 0.1) is 6.42 Å². The Balaban J connectivity index is 1.86. The molecule has 0 unspecified atom stereocenters. The molecule has 0 N–H and O–H groups in total. The van der Waals surface area contributed by atoms with E-state index in [9.17, 15) is 22.4 Å². The molecule has 1 saturated heterocycles. The van der Waals surface area contributed by atoms with Crippen molar-refractivity contribution >= 4 is 5.91 Å². The highest BCUT2D eigenvalue weighted by atomic mass is 19.4. The molecular weight excluding hydrogens is 274 g/mol. The van der Waals surface area contributed by atoms with Crippen molar-refractivity contribution in [3.05, 3.63) is 35.1 Å². The van der Waals surface area contributed by atoms with E-state index in [0.29, 0.717) is 13.1 Å². The Kier molecular flexibility index (Phi) is 4.01. The van der Waals surface area contributed by atoms with Gasteiger partial charge in [-0.3, -0.25) is 4.79 Å². The van der Waals surface area contributed by atoms with Gasteiger partial charge in [-0.1, -0.05) is 6.07 Å². The van der Waals surface area contributed by atoms with Gasteiger partial charge in [-0.05, 0) is 30.2 Å². The second-order valence-electron chi connectivity index (χ2n) is 5.11. The number of halogens is 4. The predicted octanol–water partition coefficient (Wildman–Crippen LogP) is 3.40. The van der Waals surface area contributed by atoms with Gasteiger partial charge in [0.1, 0.15) is 5.82 Å². The van der Waals surface area contributed by atoms with Gasteiger partial charge in [-0.25, -0.2) is 4.39 Å². The highest BCUT2D eigenvalue weighted by Crippen LogP contribution is 2.31. The third-order valence-corrected chi connectivity index (χ3v) is 3.53. The second-order valence-corrected chi connectivity index (χ2v) is 5.11. The molecule has 0 aliphatic carbocycles. The van der Waals surface area contributed by atoms with Crippen LogP contribution >= 0.6 is 0 Å². The summed E-state index contributed by atoms with van der Waals surface area (Å²) in [4.78, 5) is 13.0. The Morgan fingerprint density at radius 3 is 2.55 bits per heavy atom. The van der Waals surface area contributed by atoms with E-state index in [1.165, 1.54) is 17.0 Å². The highest BCUT2D eigenvalue weighted by molar-refractivity contribution is 5.77. The van der Waals surface area contributed by atoms with Crippen molar-refractivity contribution in [3.63, 3.8) is 0 Å². The topological polar surface area (TPSA) is 20.3 Å². The molecule has 1 heterocycles. The monoisotopic (exact) mass is 289 g/mol. The van der Waals surface area contributed by atoms with E-state index in [4.69, 9.17) is 0 Å². The van der Waals surface area contributed by atoms with Crippen LogP contribution in [-0.2, 0) is 4.79 Å². The molecule has 110 valence electrons. The molecular formula is C14H15F4NO. The van der Waals surface area contributed by atoms with Crippen LogP contribution in [0.1, 0.15) is 29.9 Å². The molecule has 1 amide bonds. The van der Waals surface area contributed by atoms with E-state index < -0.39 is 24.9 Å². The fourth-order valence-electron chi connectivity index (χ4n) is 2.38. The van der Waals surface area contributed by atoms with Crippen LogP contribution in [0.4, 0.5) is 17.6 Å². The van der Waals surface area contributed by atoms with Crippen molar-refractivity contribution in [3.8, 4) is 0 Å². The number of alkyl halides is 3. The zero-order valence-electron chi connectivity index (χ0n) is 11.0. The lowest BCUT2D eigenvalue weighted by Crippen LogP contribution is -2.48. The molecule has 0 saturated carbocycles. The summed E-state index contributed by atoms with van der Waals surface area (Å²) in [6.07, 6.45) is -5.88. The van der Waals surface area contributed by atoms with Crippen LogP contribution in [0, 0.1) is 12.7 Å². The summed E-state index contributed by atoms with van der Waals surface area (Å²) in [5.74, 6) is -0.701. The molecule has 2 nitrogen and oxygen atoms in total. The molecule has 0 bridgehead atoms. The van der Waals surface area contributed by atoms with Crippen LogP contribution < -0.4 is 0 Å². The second kappa shape index (κ2) is 5.42. The van der Waals surface area contributed by atoms with E-state index in [2.05, 4.69) is 0 Å². The van der Waals surface area contributed by atoms with Gasteiger partial charge in [0.15, 0.2) is 0 Å². The minimum absolute atomic E-state index is 0.0884. The van der Waals surface area contributed by atoms with E-state index in [-0.39, 0.29) is 11.7 Å². The van der Waals surface area contributed by atoms with Gasteiger partial charge in [0.2, 0.25) is 5.91 Å². The summed E-state index contributed by atoms with van der Waals surface area (Å²) in [5.41, 5.74) is 1.75. The van der Waals surface area contributed by atoms with Crippen molar-refractivity contribution in [2.75, 3.05) is 13.1 Å². The Hall–Kier alpha value is -1.59. The first-order valence-electron chi connectivity index (χ1n) is 6.37. The molecule has 6 heteroatoms. The maximum Gasteiger partial charge on any atom is 0.389 e. The van der Waals surface area contributed by atoms with E-state index in [1.54, 1.807) is 13.0 Å². The number of carbonyl (C=O) groups excluding carboxylic acids is 1. The third kappa shape index (κ3) is 3.49. The SMILES string of the molecule is Cc1cc(F)ccc1C1CN(C(=O)CCC(F)(F)F)C1. The minimum Gasteiger partial charge on any atom is -0.341 e. The molecule has 0 aromatic heterocycles. The van der Waals surface area contributed by atoms with Crippen LogP contribution in [0.3, 0.4) is 0 Å². The summed E-state index contributed by atoms with van der Waals surface area (Å²) in [6, 6.07) is 4.45. The maximum absolute atomic E-state index is 13.0. The fourth-order valence-corrected chi connectivity index (χ4v) is 2.38. The van der Waals surface area contributed by atoms with Crippen molar-refractivity contribution in [2.24, 2.45) is 0 Å². The first-order valence-corrected chi connectivity index (χ1v) is 6.37. The lowest BCUT2D eigenvalue weighted by Gasteiger charge is -2.40. The number of likely N-dealkylation sites (tertiary alicyclic amines) is 1. The largest absolute Gasteiger partial charge is 0.389 e. The minimum atomic E-state index is -4.30. The number of benzene rings is 1. The van der Waals surface area contributed by atoms with E-state index in [0.717, 1.165) is 11.1 Å². The molecule has 0 spiro atoms. The number of nitrogens with zero attached hydrogens (tertiary/aromatic N) is 1. The molecule has 2 rings (SSSR count). The Morgan fingerprint density at radius 1 is 1.35 bits per heavy atom. The van der Waals surface area contributed by atoms with Crippen LogP contribution in [0.5, 0.6) is 0 Å². The number of hydrogen-bond donors (Lipinski definition) is 0. The molecule has 0 atom stereocenters. The first kappa shape index (κ1) is 14.8. The van der Waals surface area contributed by atoms with Crippen molar-refractivity contribution in [1.29, 1.82) is 0 Å². The van der Waals surface area contributed by atoms with Gasteiger partial charge in [0.25, 0.3) is 0 Å². The first-order chi connectivity index (χ1) is 9.26. The molecule has 0 radical (unpaired) electrons. The Bertz CT molecular complexity index is 506. The van der Waals surface area contributed by atoms with Gasteiger partial charge < -0.3 is 4.90 Å². The summed E-state index contributed by atoms with van der Waals surface area (Å²) >= 11 is 0. The Morgan fingerprint density at radius 2 is 2.00 bits per heavy atom. The van der Waals surface area contributed by atoms with Gasteiger partial charge in [0, 0.05) is 25.4 Å². The molecule has 1 fully saturated rings. The predicted molar refractivity (Wildman–Crippen MR) is 65.7 cm³/mol. The Labute approximate surface area is 114 Å². The maximum atomic E-state index is 13.0. The third-order valence-electron chi connectivity index (χ3n) is 3.53. The van der Waals surface area contributed by atoms with Crippen LogP contribution in [-0.4, -0.2) is 30.1 Å². The molecule has 20 heavy (non-hydrogen) atoms. The van der Waals surface area contributed by atoms with Crippen LogP contribution in [0.25, 0.3) is 0 Å². The van der Waals surface area contributed by atoms with Crippen molar-refractivity contribution < 1.29 is 22.4 Å². The van der Waals surface area contributed by atoms with Gasteiger partial charge in [-0.2, -0.15) is 13.2 Å². The summed E-state index contributed by atoms with van der Waals surface area (Å²) < 4.78 is 49.1. The number of hydrogen-bond acceptors (Lipinski definition) is 1. The van der Waals surface area contributed by atoms with E-state index in [1.807, 2.05) is 0 Å². The normalized spacial score (nSPS) is 16.1.